The van der Waals surface area contributed by atoms with Gasteiger partial charge in [0.25, 0.3) is 5.91 Å². The number of carbonyl (C=O) groups is 1. The van der Waals surface area contributed by atoms with E-state index in [0.29, 0.717) is 0 Å². The van der Waals surface area contributed by atoms with E-state index in [2.05, 4.69) is 0 Å². The number of rotatable bonds is 2. The van der Waals surface area contributed by atoms with Crippen molar-refractivity contribution in [2.24, 2.45) is 5.73 Å². The van der Waals surface area contributed by atoms with Gasteiger partial charge in [0, 0.05) is 11.5 Å². The first-order valence-corrected chi connectivity index (χ1v) is 4.42. The van der Waals surface area contributed by atoms with Gasteiger partial charge in [0.2, 0.25) is 6.54 Å². The molecule has 1 aromatic carbocycles. The number of primary amides is 1. The van der Waals surface area contributed by atoms with Crippen LogP contribution in [0.3, 0.4) is 0 Å². The third-order valence-electron chi connectivity index (χ3n) is 2.08. The van der Waals surface area contributed by atoms with Gasteiger partial charge < -0.3 is 5.73 Å². The number of fused-ring (bicyclic) bond motifs is 1. The molecule has 0 bridgehead atoms. The van der Waals surface area contributed by atoms with Crippen molar-refractivity contribution in [1.82, 2.24) is 0 Å². The van der Waals surface area contributed by atoms with Crippen LogP contribution in [0.2, 0.25) is 0 Å². The number of hydrogen-bond acceptors (Lipinski definition) is 1. The Morgan fingerprint density at radius 3 is 2.64 bits per heavy atom. The van der Waals surface area contributed by atoms with Crippen LogP contribution in [0.5, 0.6) is 0 Å². The Balaban J connectivity index is 2.46. The number of nitrogens with two attached hydrogens (primary N) is 1. The molecule has 0 fully saturated rings. The van der Waals surface area contributed by atoms with Gasteiger partial charge in [0.05, 0.1) is 0 Å². The fraction of sp³-hybridized carbons (Fsp3) is 0.0909. The standard InChI is InChI=1S/C11H10N2O/c12-11(14)8-13-6-5-9-3-1-2-4-10(9)7-13/h1-7H,8H2,(H-,12,14)/p+1. The molecular formula is C11H11N2O+. The summed E-state index contributed by atoms with van der Waals surface area (Å²) in [6, 6.07) is 9.97. The van der Waals surface area contributed by atoms with Crippen LogP contribution >= 0.6 is 0 Å². The van der Waals surface area contributed by atoms with E-state index >= 15 is 0 Å². The Hall–Kier alpha value is -1.90. The highest BCUT2D eigenvalue weighted by atomic mass is 16.1. The molecule has 0 aliphatic heterocycles. The summed E-state index contributed by atoms with van der Waals surface area (Å²) in [7, 11) is 0. The predicted molar refractivity (Wildman–Crippen MR) is 53.3 cm³/mol. The van der Waals surface area contributed by atoms with Gasteiger partial charge in [0.15, 0.2) is 12.4 Å². The van der Waals surface area contributed by atoms with E-state index in [9.17, 15) is 4.79 Å². The van der Waals surface area contributed by atoms with Crippen LogP contribution in [0.25, 0.3) is 10.8 Å². The van der Waals surface area contributed by atoms with E-state index in [1.54, 1.807) is 4.57 Å². The quantitative estimate of drug-likeness (QED) is 0.688. The second-order valence-electron chi connectivity index (χ2n) is 3.21. The molecule has 2 rings (SSSR count). The maximum absolute atomic E-state index is 10.7. The maximum atomic E-state index is 10.7. The fourth-order valence-electron chi connectivity index (χ4n) is 1.46. The minimum absolute atomic E-state index is 0.227. The zero-order valence-corrected chi connectivity index (χ0v) is 7.68. The minimum Gasteiger partial charge on any atom is -0.364 e. The van der Waals surface area contributed by atoms with Crippen LogP contribution in [-0.2, 0) is 11.3 Å². The number of benzene rings is 1. The summed E-state index contributed by atoms with van der Waals surface area (Å²) >= 11 is 0. The Bertz CT molecular complexity index is 479. The van der Waals surface area contributed by atoms with Crippen LogP contribution in [0, 0.1) is 0 Å². The number of pyridine rings is 1. The first-order valence-electron chi connectivity index (χ1n) is 4.42. The molecule has 1 aromatic heterocycles. The molecule has 2 N–H and O–H groups in total. The van der Waals surface area contributed by atoms with Gasteiger partial charge in [-0.15, -0.1) is 0 Å². The molecule has 1 amide bonds. The van der Waals surface area contributed by atoms with E-state index in [4.69, 9.17) is 5.73 Å². The van der Waals surface area contributed by atoms with Gasteiger partial charge >= 0.3 is 0 Å². The average molecular weight is 187 g/mol. The van der Waals surface area contributed by atoms with Gasteiger partial charge in [-0.05, 0) is 11.5 Å². The summed E-state index contributed by atoms with van der Waals surface area (Å²) in [5.74, 6) is -0.328. The second-order valence-corrected chi connectivity index (χ2v) is 3.21. The summed E-state index contributed by atoms with van der Waals surface area (Å²) in [5, 5.41) is 2.27. The molecule has 0 saturated heterocycles. The Labute approximate surface area is 81.8 Å². The molecule has 0 aliphatic rings. The lowest BCUT2D eigenvalue weighted by atomic mass is 10.2. The molecule has 2 aromatic rings. The summed E-state index contributed by atoms with van der Waals surface area (Å²) < 4.78 is 1.78. The molecule has 0 saturated carbocycles. The van der Waals surface area contributed by atoms with Gasteiger partial charge in [0.1, 0.15) is 0 Å². The highest BCUT2D eigenvalue weighted by molar-refractivity contribution is 5.80. The SMILES string of the molecule is NC(=O)C[n+]1ccc2ccccc2c1. The van der Waals surface area contributed by atoms with E-state index in [1.807, 2.05) is 42.7 Å². The molecule has 70 valence electrons. The summed E-state index contributed by atoms with van der Waals surface area (Å²) in [5.41, 5.74) is 5.11. The summed E-state index contributed by atoms with van der Waals surface area (Å²) in [6.07, 6.45) is 3.77. The van der Waals surface area contributed by atoms with Crippen LogP contribution in [-0.4, -0.2) is 5.91 Å². The highest BCUT2D eigenvalue weighted by Gasteiger charge is 2.05. The third-order valence-corrected chi connectivity index (χ3v) is 2.08. The Morgan fingerprint density at radius 2 is 1.93 bits per heavy atom. The topological polar surface area (TPSA) is 47.0 Å². The minimum atomic E-state index is -0.328. The molecule has 0 radical (unpaired) electrons. The van der Waals surface area contributed by atoms with Gasteiger partial charge in [-0.2, -0.15) is 4.57 Å². The molecule has 0 spiro atoms. The molecule has 0 aliphatic carbocycles. The van der Waals surface area contributed by atoms with Crippen molar-refractivity contribution >= 4 is 16.7 Å². The smallest absolute Gasteiger partial charge is 0.283 e. The normalized spacial score (nSPS) is 10.3. The van der Waals surface area contributed by atoms with E-state index < -0.39 is 0 Å². The molecular weight excluding hydrogens is 176 g/mol. The van der Waals surface area contributed by atoms with Crippen molar-refractivity contribution in [3.8, 4) is 0 Å². The first kappa shape index (κ1) is 8.69. The Kier molecular flexibility index (Phi) is 2.14. The van der Waals surface area contributed by atoms with Crippen LogP contribution in [0.1, 0.15) is 0 Å². The van der Waals surface area contributed by atoms with Crippen LogP contribution in [0.15, 0.2) is 42.7 Å². The second kappa shape index (κ2) is 3.46. The van der Waals surface area contributed by atoms with Crippen molar-refractivity contribution in [1.29, 1.82) is 0 Å². The van der Waals surface area contributed by atoms with Crippen molar-refractivity contribution in [3.05, 3.63) is 42.7 Å². The molecule has 1 heterocycles. The number of nitrogens with zero attached hydrogens (tertiary/aromatic N) is 1. The van der Waals surface area contributed by atoms with Crippen molar-refractivity contribution < 1.29 is 9.36 Å². The first-order chi connectivity index (χ1) is 6.75. The average Bonchev–Trinajstić information content (AvgIpc) is 2.17. The van der Waals surface area contributed by atoms with Crippen molar-refractivity contribution in [2.75, 3.05) is 0 Å². The lowest BCUT2D eigenvalue weighted by Crippen LogP contribution is -2.39. The molecule has 0 atom stereocenters. The Morgan fingerprint density at radius 1 is 1.21 bits per heavy atom. The fourth-order valence-corrected chi connectivity index (χ4v) is 1.46. The molecule has 0 unspecified atom stereocenters. The third kappa shape index (κ3) is 1.71. The van der Waals surface area contributed by atoms with E-state index in [-0.39, 0.29) is 12.5 Å². The number of amides is 1. The van der Waals surface area contributed by atoms with E-state index in [1.165, 1.54) is 0 Å². The summed E-state index contributed by atoms with van der Waals surface area (Å²) in [4.78, 5) is 10.7. The van der Waals surface area contributed by atoms with Crippen LogP contribution in [0.4, 0.5) is 0 Å². The van der Waals surface area contributed by atoms with Gasteiger partial charge in [-0.25, -0.2) is 0 Å². The van der Waals surface area contributed by atoms with Crippen molar-refractivity contribution in [2.45, 2.75) is 6.54 Å². The predicted octanol–water partition coefficient (Wildman–Crippen LogP) is 0.613. The number of hydrogen-bond donors (Lipinski definition) is 1. The van der Waals surface area contributed by atoms with Gasteiger partial charge in [-0.1, -0.05) is 18.2 Å². The van der Waals surface area contributed by atoms with Crippen LogP contribution < -0.4 is 10.3 Å². The monoisotopic (exact) mass is 187 g/mol. The van der Waals surface area contributed by atoms with Crippen molar-refractivity contribution in [3.63, 3.8) is 0 Å². The van der Waals surface area contributed by atoms with Gasteiger partial charge in [-0.3, -0.25) is 4.79 Å². The lowest BCUT2D eigenvalue weighted by molar-refractivity contribution is -0.682. The summed E-state index contributed by atoms with van der Waals surface area (Å²) in [6.45, 7) is 0.227. The number of aromatic nitrogens is 1. The largest absolute Gasteiger partial charge is 0.364 e. The van der Waals surface area contributed by atoms with E-state index in [0.717, 1.165) is 10.8 Å². The maximum Gasteiger partial charge on any atom is 0.283 e. The highest BCUT2D eigenvalue weighted by Crippen LogP contribution is 2.09. The molecule has 3 nitrogen and oxygen atoms in total. The molecule has 3 heteroatoms. The zero-order chi connectivity index (χ0) is 9.97. The lowest BCUT2D eigenvalue weighted by Gasteiger charge is -1.96. The molecule has 14 heavy (non-hydrogen) atoms. The number of carbonyl (C=O) groups excluding carboxylic acids is 1. The zero-order valence-electron chi connectivity index (χ0n) is 7.68.